The lowest BCUT2D eigenvalue weighted by molar-refractivity contribution is -0.152. The van der Waals surface area contributed by atoms with Crippen LogP contribution in [0.1, 0.15) is 19.8 Å². The number of ether oxygens (including phenoxy) is 1. The van der Waals surface area contributed by atoms with Crippen molar-refractivity contribution >= 4 is 11.9 Å². The van der Waals surface area contributed by atoms with E-state index in [2.05, 4.69) is 4.74 Å². The number of carbonyl (C=O) groups excluding carboxylic acids is 2. The molecule has 0 aliphatic carbocycles. The Kier molecular flexibility index (Phi) is 5.84. The molecule has 0 heterocycles. The van der Waals surface area contributed by atoms with Crippen molar-refractivity contribution in [1.29, 1.82) is 0 Å². The number of amides is 1. The molecule has 0 saturated heterocycles. The predicted molar refractivity (Wildman–Crippen MR) is 49.6 cm³/mol. The lowest BCUT2D eigenvalue weighted by atomic mass is 10.2. The van der Waals surface area contributed by atoms with Gasteiger partial charge in [0.15, 0.2) is 0 Å². The molecule has 0 unspecified atom stereocenters. The molecule has 0 atom stereocenters. The Balaban J connectivity index is 4.16. The zero-order chi connectivity index (χ0) is 12.8. The molecule has 0 aliphatic rings. The van der Waals surface area contributed by atoms with E-state index >= 15 is 0 Å². The first-order chi connectivity index (χ1) is 7.30. The maximum Gasteiger partial charge on any atom is 0.389 e. The number of hydrogen-bond acceptors (Lipinski definition) is 3. The Morgan fingerprint density at radius 1 is 1.31 bits per heavy atom. The third kappa shape index (κ3) is 6.26. The van der Waals surface area contributed by atoms with E-state index in [1.54, 1.807) is 6.92 Å². The maximum absolute atomic E-state index is 11.8. The molecule has 94 valence electrons. The molecule has 0 aromatic heterocycles. The molecule has 0 aliphatic heterocycles. The number of hydrogen-bond donors (Lipinski definition) is 0. The van der Waals surface area contributed by atoms with Gasteiger partial charge >= 0.3 is 12.1 Å². The molecule has 0 N–H and O–H groups in total. The highest BCUT2D eigenvalue weighted by atomic mass is 19.4. The molecule has 4 nitrogen and oxygen atoms in total. The van der Waals surface area contributed by atoms with Crippen LogP contribution < -0.4 is 0 Å². The highest BCUT2D eigenvalue weighted by Crippen LogP contribution is 2.21. The molecule has 0 radical (unpaired) electrons. The molecule has 0 bridgehead atoms. The third-order valence-electron chi connectivity index (χ3n) is 1.90. The van der Waals surface area contributed by atoms with Gasteiger partial charge in [-0.05, 0) is 6.92 Å². The number of rotatable bonds is 5. The van der Waals surface area contributed by atoms with Gasteiger partial charge in [-0.15, -0.1) is 0 Å². The number of methoxy groups -OCH3 is 1. The Labute approximate surface area is 91.4 Å². The van der Waals surface area contributed by atoms with Crippen LogP contribution in [0.15, 0.2) is 0 Å². The van der Waals surface area contributed by atoms with Gasteiger partial charge in [0.05, 0.1) is 13.5 Å². The summed E-state index contributed by atoms with van der Waals surface area (Å²) in [6.45, 7) is 1.43. The predicted octanol–water partition coefficient (Wildman–Crippen LogP) is 1.35. The quantitative estimate of drug-likeness (QED) is 0.682. The molecule has 0 aromatic rings. The topological polar surface area (TPSA) is 46.6 Å². The Morgan fingerprint density at radius 2 is 1.88 bits per heavy atom. The monoisotopic (exact) mass is 241 g/mol. The van der Waals surface area contributed by atoms with Crippen molar-refractivity contribution < 1.29 is 27.5 Å². The summed E-state index contributed by atoms with van der Waals surface area (Å²) in [6.07, 6.45) is -6.18. The third-order valence-corrected chi connectivity index (χ3v) is 1.90. The number of carbonyl (C=O) groups is 2. The normalized spacial score (nSPS) is 11.1. The molecular formula is C9H14F3NO3. The molecule has 0 spiro atoms. The largest absolute Gasteiger partial charge is 0.468 e. The van der Waals surface area contributed by atoms with Crippen LogP contribution in [0.2, 0.25) is 0 Å². The summed E-state index contributed by atoms with van der Waals surface area (Å²) in [5.41, 5.74) is 0. The van der Waals surface area contributed by atoms with Gasteiger partial charge in [-0.1, -0.05) is 0 Å². The van der Waals surface area contributed by atoms with Crippen molar-refractivity contribution in [3.63, 3.8) is 0 Å². The Bertz CT molecular complexity index is 253. The SMILES string of the molecule is CCN(CC(=O)OC)C(=O)CCC(F)(F)F. The van der Waals surface area contributed by atoms with Gasteiger partial charge < -0.3 is 9.64 Å². The first-order valence-electron chi connectivity index (χ1n) is 4.71. The standard InChI is InChI=1S/C9H14F3NO3/c1-3-13(6-8(15)16-2)7(14)4-5-9(10,11)12/h3-6H2,1-2H3. The van der Waals surface area contributed by atoms with Crippen molar-refractivity contribution in [2.24, 2.45) is 0 Å². The van der Waals surface area contributed by atoms with E-state index in [0.717, 1.165) is 12.0 Å². The number of esters is 1. The minimum atomic E-state index is -4.36. The fourth-order valence-electron chi connectivity index (χ4n) is 1.00. The van der Waals surface area contributed by atoms with E-state index in [0.29, 0.717) is 0 Å². The highest BCUT2D eigenvalue weighted by Gasteiger charge is 2.29. The lowest BCUT2D eigenvalue weighted by Gasteiger charge is -2.19. The van der Waals surface area contributed by atoms with Crippen molar-refractivity contribution in [2.75, 3.05) is 20.2 Å². The first-order valence-corrected chi connectivity index (χ1v) is 4.71. The van der Waals surface area contributed by atoms with Gasteiger partial charge in [0.1, 0.15) is 6.54 Å². The molecule has 0 saturated carbocycles. The van der Waals surface area contributed by atoms with Gasteiger partial charge in [-0.2, -0.15) is 13.2 Å². The Morgan fingerprint density at radius 3 is 2.25 bits per heavy atom. The van der Waals surface area contributed by atoms with Crippen molar-refractivity contribution in [3.8, 4) is 0 Å². The molecule has 7 heteroatoms. The summed E-state index contributed by atoms with van der Waals surface area (Å²) in [5, 5.41) is 0. The van der Waals surface area contributed by atoms with E-state index in [1.807, 2.05) is 0 Å². The average molecular weight is 241 g/mol. The van der Waals surface area contributed by atoms with Gasteiger partial charge in [0.2, 0.25) is 5.91 Å². The van der Waals surface area contributed by atoms with Crippen LogP contribution in [0.5, 0.6) is 0 Å². The molecule has 16 heavy (non-hydrogen) atoms. The fraction of sp³-hybridized carbons (Fsp3) is 0.778. The van der Waals surface area contributed by atoms with Crippen LogP contribution in [0.4, 0.5) is 13.2 Å². The minimum Gasteiger partial charge on any atom is -0.468 e. The van der Waals surface area contributed by atoms with Gasteiger partial charge in [0.25, 0.3) is 0 Å². The first kappa shape index (κ1) is 14.7. The van der Waals surface area contributed by atoms with Crippen LogP contribution in [0, 0.1) is 0 Å². The van der Waals surface area contributed by atoms with E-state index in [1.165, 1.54) is 0 Å². The van der Waals surface area contributed by atoms with E-state index in [-0.39, 0.29) is 13.1 Å². The highest BCUT2D eigenvalue weighted by molar-refractivity contribution is 5.81. The molecular weight excluding hydrogens is 227 g/mol. The number of likely N-dealkylation sites (N-methyl/N-ethyl adjacent to an activating group) is 1. The van der Waals surface area contributed by atoms with Crippen LogP contribution in [-0.2, 0) is 14.3 Å². The van der Waals surface area contributed by atoms with Gasteiger partial charge in [-0.3, -0.25) is 9.59 Å². The smallest absolute Gasteiger partial charge is 0.389 e. The Hall–Kier alpha value is -1.27. The van der Waals surface area contributed by atoms with Crippen LogP contribution in [-0.4, -0.2) is 43.2 Å². The number of nitrogens with zero attached hydrogens (tertiary/aromatic N) is 1. The fourth-order valence-corrected chi connectivity index (χ4v) is 1.00. The summed E-state index contributed by atoms with van der Waals surface area (Å²) in [5.74, 6) is -1.35. The number of halogens is 3. The average Bonchev–Trinajstić information content (AvgIpc) is 2.21. The van der Waals surface area contributed by atoms with Crippen LogP contribution in [0.3, 0.4) is 0 Å². The number of alkyl halides is 3. The van der Waals surface area contributed by atoms with Crippen molar-refractivity contribution in [1.82, 2.24) is 4.90 Å². The van der Waals surface area contributed by atoms with Crippen LogP contribution >= 0.6 is 0 Å². The van der Waals surface area contributed by atoms with Gasteiger partial charge in [-0.25, -0.2) is 0 Å². The zero-order valence-electron chi connectivity index (χ0n) is 9.13. The summed E-state index contributed by atoms with van der Waals surface area (Å²) in [4.78, 5) is 23.2. The second-order valence-corrected chi connectivity index (χ2v) is 3.10. The zero-order valence-corrected chi connectivity index (χ0v) is 9.13. The van der Waals surface area contributed by atoms with Crippen LogP contribution in [0.25, 0.3) is 0 Å². The van der Waals surface area contributed by atoms with Crippen molar-refractivity contribution in [2.45, 2.75) is 25.9 Å². The molecule has 0 aromatic carbocycles. The lowest BCUT2D eigenvalue weighted by Crippen LogP contribution is -2.36. The van der Waals surface area contributed by atoms with E-state index in [9.17, 15) is 22.8 Å². The summed E-state index contributed by atoms with van der Waals surface area (Å²) in [6, 6.07) is 0. The second kappa shape index (κ2) is 6.34. The molecule has 0 rings (SSSR count). The van der Waals surface area contributed by atoms with E-state index < -0.39 is 30.9 Å². The second-order valence-electron chi connectivity index (χ2n) is 3.10. The molecule has 1 amide bonds. The van der Waals surface area contributed by atoms with E-state index in [4.69, 9.17) is 0 Å². The summed E-state index contributed by atoms with van der Waals surface area (Å²) in [7, 11) is 1.15. The molecule has 0 fully saturated rings. The minimum absolute atomic E-state index is 0.172. The summed E-state index contributed by atoms with van der Waals surface area (Å²) >= 11 is 0. The van der Waals surface area contributed by atoms with Crippen molar-refractivity contribution in [3.05, 3.63) is 0 Å². The van der Waals surface area contributed by atoms with Gasteiger partial charge in [0, 0.05) is 13.0 Å². The summed E-state index contributed by atoms with van der Waals surface area (Å²) < 4.78 is 39.9. The maximum atomic E-state index is 11.8.